The second-order valence-corrected chi connectivity index (χ2v) is 5.07. The molecule has 0 saturated carbocycles. The fourth-order valence-electron chi connectivity index (χ4n) is 2.02. The molecule has 0 heterocycles. The number of hydrogen-bond acceptors (Lipinski definition) is 3. The van der Waals surface area contributed by atoms with Gasteiger partial charge in [-0.25, -0.2) is 4.79 Å². The molecule has 1 amide bonds. The normalized spacial score (nSPS) is 11.9. The van der Waals surface area contributed by atoms with Crippen molar-refractivity contribution < 1.29 is 19.8 Å². The van der Waals surface area contributed by atoms with Gasteiger partial charge in [-0.3, -0.25) is 4.79 Å². The van der Waals surface area contributed by atoms with Crippen LogP contribution in [-0.4, -0.2) is 34.7 Å². The summed E-state index contributed by atoms with van der Waals surface area (Å²) in [4.78, 5) is 22.7. The van der Waals surface area contributed by atoms with Gasteiger partial charge in [0.2, 0.25) is 5.91 Å². The monoisotopic (exact) mass is 293 g/mol. The number of nitrogens with one attached hydrogen (secondary N) is 1. The molecule has 1 rings (SSSR count). The summed E-state index contributed by atoms with van der Waals surface area (Å²) < 4.78 is 0. The van der Waals surface area contributed by atoms with Gasteiger partial charge in [-0.05, 0) is 24.0 Å². The Morgan fingerprint density at radius 1 is 1.19 bits per heavy atom. The van der Waals surface area contributed by atoms with E-state index >= 15 is 0 Å². The summed E-state index contributed by atoms with van der Waals surface area (Å²) >= 11 is 0. The first-order valence-electron chi connectivity index (χ1n) is 7.27. The first-order chi connectivity index (χ1) is 10.1. The Bertz CT molecular complexity index is 456. The summed E-state index contributed by atoms with van der Waals surface area (Å²) in [5, 5.41) is 20.1. The van der Waals surface area contributed by atoms with Gasteiger partial charge in [-0.2, -0.15) is 0 Å². The Hall–Kier alpha value is -1.88. The Kier molecular flexibility index (Phi) is 7.46. The Labute approximate surface area is 125 Å². The molecule has 0 aliphatic rings. The number of unbranched alkanes of at least 4 members (excludes halogenated alkanes) is 1. The van der Waals surface area contributed by atoms with Gasteiger partial charge < -0.3 is 15.5 Å². The van der Waals surface area contributed by atoms with E-state index in [2.05, 4.69) is 12.2 Å². The number of hydrogen-bond donors (Lipinski definition) is 3. The number of benzene rings is 1. The van der Waals surface area contributed by atoms with Crippen molar-refractivity contribution in [1.29, 1.82) is 0 Å². The van der Waals surface area contributed by atoms with Crippen LogP contribution in [0.4, 0.5) is 0 Å². The Morgan fingerprint density at radius 3 is 2.33 bits per heavy atom. The second kappa shape index (κ2) is 9.13. The predicted octanol–water partition coefficient (Wildman–Crippen LogP) is 1.52. The van der Waals surface area contributed by atoms with Crippen LogP contribution < -0.4 is 5.32 Å². The molecule has 0 fully saturated rings. The largest absolute Gasteiger partial charge is 0.480 e. The molecule has 0 aromatic heterocycles. The summed E-state index contributed by atoms with van der Waals surface area (Å²) in [6, 6.07) is 6.76. The summed E-state index contributed by atoms with van der Waals surface area (Å²) in [7, 11) is 0. The lowest BCUT2D eigenvalue weighted by molar-refractivity contribution is -0.142. The Morgan fingerprint density at radius 2 is 1.81 bits per heavy atom. The maximum Gasteiger partial charge on any atom is 0.326 e. The molecule has 0 spiro atoms. The van der Waals surface area contributed by atoms with Crippen molar-refractivity contribution in [2.45, 2.75) is 45.1 Å². The van der Waals surface area contributed by atoms with Crippen molar-refractivity contribution in [2.24, 2.45) is 0 Å². The summed E-state index contributed by atoms with van der Waals surface area (Å²) in [5.74, 6) is -1.48. The van der Waals surface area contributed by atoms with Gasteiger partial charge in [-0.15, -0.1) is 0 Å². The molecule has 1 atom stereocenters. The second-order valence-electron chi connectivity index (χ2n) is 5.07. The minimum absolute atomic E-state index is 0.0109. The van der Waals surface area contributed by atoms with Crippen molar-refractivity contribution in [2.75, 3.05) is 6.61 Å². The summed E-state index contributed by atoms with van der Waals surface area (Å²) in [5.41, 5.74) is 2.09. The molecule has 1 aromatic carbocycles. The highest BCUT2D eigenvalue weighted by molar-refractivity contribution is 5.84. The number of carbonyl (C=O) groups is 2. The van der Waals surface area contributed by atoms with Crippen LogP contribution in [0.3, 0.4) is 0 Å². The van der Waals surface area contributed by atoms with Crippen molar-refractivity contribution in [3.8, 4) is 0 Å². The van der Waals surface area contributed by atoms with Crippen LogP contribution in [0.1, 0.15) is 37.3 Å². The van der Waals surface area contributed by atoms with Crippen molar-refractivity contribution in [1.82, 2.24) is 5.32 Å². The molecule has 5 heteroatoms. The van der Waals surface area contributed by atoms with Crippen LogP contribution in [0.5, 0.6) is 0 Å². The Balaban J connectivity index is 2.52. The van der Waals surface area contributed by atoms with Crippen molar-refractivity contribution in [3.63, 3.8) is 0 Å². The highest BCUT2D eigenvalue weighted by atomic mass is 16.4. The number of carboxylic acid groups (broad SMARTS) is 1. The number of aliphatic hydroxyl groups excluding tert-OH is 1. The number of carboxylic acids is 1. The molecule has 0 saturated heterocycles. The SMILES string of the molecule is CCCCc1ccc(CC(=O)N[C@H](CCO)C(=O)O)cc1. The summed E-state index contributed by atoms with van der Waals surface area (Å²) in [6.07, 6.45) is 3.47. The van der Waals surface area contributed by atoms with E-state index in [1.54, 1.807) is 0 Å². The van der Waals surface area contributed by atoms with E-state index < -0.39 is 12.0 Å². The van der Waals surface area contributed by atoms with Gasteiger partial charge in [-0.1, -0.05) is 37.6 Å². The van der Waals surface area contributed by atoms with Crippen molar-refractivity contribution in [3.05, 3.63) is 35.4 Å². The van der Waals surface area contributed by atoms with E-state index in [0.29, 0.717) is 0 Å². The highest BCUT2D eigenvalue weighted by Gasteiger charge is 2.19. The molecule has 0 unspecified atom stereocenters. The predicted molar refractivity (Wildman–Crippen MR) is 80.0 cm³/mol. The summed E-state index contributed by atoms with van der Waals surface area (Å²) in [6.45, 7) is 1.87. The molecule has 3 N–H and O–H groups in total. The average molecular weight is 293 g/mol. The van der Waals surface area contributed by atoms with E-state index in [4.69, 9.17) is 10.2 Å². The zero-order valence-corrected chi connectivity index (χ0v) is 12.3. The van der Waals surface area contributed by atoms with Crippen LogP contribution in [0.15, 0.2) is 24.3 Å². The molecule has 0 aliphatic heterocycles. The van der Waals surface area contributed by atoms with Crippen LogP contribution in [-0.2, 0) is 22.4 Å². The van der Waals surface area contributed by atoms with Gasteiger partial charge >= 0.3 is 5.97 Å². The fraction of sp³-hybridized carbons (Fsp3) is 0.500. The third kappa shape index (κ3) is 6.40. The van der Waals surface area contributed by atoms with Crippen LogP contribution >= 0.6 is 0 Å². The molecule has 0 bridgehead atoms. The fourth-order valence-corrected chi connectivity index (χ4v) is 2.02. The van der Waals surface area contributed by atoms with Gasteiger partial charge in [0.25, 0.3) is 0 Å². The van der Waals surface area contributed by atoms with Crippen molar-refractivity contribution >= 4 is 11.9 Å². The number of amides is 1. The van der Waals surface area contributed by atoms with Gasteiger partial charge in [0, 0.05) is 13.0 Å². The lowest BCUT2D eigenvalue weighted by Crippen LogP contribution is -2.42. The first-order valence-corrected chi connectivity index (χ1v) is 7.27. The van der Waals surface area contributed by atoms with E-state index in [0.717, 1.165) is 24.8 Å². The highest BCUT2D eigenvalue weighted by Crippen LogP contribution is 2.08. The number of aliphatic hydroxyl groups is 1. The third-order valence-corrected chi connectivity index (χ3v) is 3.26. The average Bonchev–Trinajstić information content (AvgIpc) is 2.46. The smallest absolute Gasteiger partial charge is 0.326 e. The number of aliphatic carboxylic acids is 1. The number of carbonyl (C=O) groups excluding carboxylic acids is 1. The van der Waals surface area contributed by atoms with E-state index in [-0.39, 0.29) is 25.4 Å². The van der Waals surface area contributed by atoms with Gasteiger partial charge in [0.15, 0.2) is 0 Å². The molecule has 116 valence electrons. The maximum absolute atomic E-state index is 11.8. The van der Waals surface area contributed by atoms with Crippen LogP contribution in [0, 0.1) is 0 Å². The molecular formula is C16H23NO4. The molecule has 21 heavy (non-hydrogen) atoms. The maximum atomic E-state index is 11.8. The van der Waals surface area contributed by atoms with E-state index in [1.807, 2.05) is 24.3 Å². The standard InChI is InChI=1S/C16H23NO4/c1-2-3-4-12-5-7-13(8-6-12)11-15(19)17-14(9-10-18)16(20)21/h5-8,14,18H,2-4,9-11H2,1H3,(H,17,19)(H,20,21)/t14-/m1/s1. The minimum atomic E-state index is -1.13. The minimum Gasteiger partial charge on any atom is -0.480 e. The number of aryl methyl sites for hydroxylation is 1. The zero-order chi connectivity index (χ0) is 15.7. The lowest BCUT2D eigenvalue weighted by atomic mass is 10.0. The molecule has 0 radical (unpaired) electrons. The topological polar surface area (TPSA) is 86.6 Å². The first kappa shape index (κ1) is 17.2. The molecule has 1 aromatic rings. The van der Waals surface area contributed by atoms with Gasteiger partial charge in [0.1, 0.15) is 6.04 Å². The molecular weight excluding hydrogens is 270 g/mol. The lowest BCUT2D eigenvalue weighted by Gasteiger charge is -2.13. The van der Waals surface area contributed by atoms with E-state index in [1.165, 1.54) is 5.56 Å². The zero-order valence-electron chi connectivity index (χ0n) is 12.3. The number of rotatable bonds is 9. The van der Waals surface area contributed by atoms with Crippen LogP contribution in [0.2, 0.25) is 0 Å². The molecule has 5 nitrogen and oxygen atoms in total. The quantitative estimate of drug-likeness (QED) is 0.644. The third-order valence-electron chi connectivity index (χ3n) is 3.26. The van der Waals surface area contributed by atoms with Crippen LogP contribution in [0.25, 0.3) is 0 Å². The molecule has 0 aliphatic carbocycles. The van der Waals surface area contributed by atoms with E-state index in [9.17, 15) is 9.59 Å². The van der Waals surface area contributed by atoms with Gasteiger partial charge in [0.05, 0.1) is 6.42 Å².